The molecule has 1 amide bonds. The predicted octanol–water partition coefficient (Wildman–Crippen LogP) is 3.42. The molecule has 0 unspecified atom stereocenters. The number of nitrogens with one attached hydrogen (secondary N) is 1. The Labute approximate surface area is 118 Å². The Morgan fingerprint density at radius 1 is 1.33 bits per heavy atom. The molecule has 1 N–H and O–H groups in total. The van der Waals surface area contributed by atoms with Gasteiger partial charge in [0.25, 0.3) is 0 Å². The molecule has 1 heterocycles. The van der Waals surface area contributed by atoms with Crippen molar-refractivity contribution in [3.05, 3.63) is 47.7 Å². The summed E-state index contributed by atoms with van der Waals surface area (Å²) in [5.74, 6) is -0.458. The van der Waals surface area contributed by atoms with Crippen LogP contribution in [0.4, 0.5) is 23.8 Å². The number of alkyl halides is 3. The fraction of sp³-hybridized carbons (Fsp3) is 0.231. The number of nitrogens with zero attached hydrogens (tertiary/aromatic N) is 2. The van der Waals surface area contributed by atoms with Gasteiger partial charge in [-0.3, -0.25) is 5.32 Å². The Hall–Kier alpha value is -2.51. The van der Waals surface area contributed by atoms with E-state index >= 15 is 0 Å². The minimum absolute atomic E-state index is 0.0358. The number of anilines is 1. The lowest BCUT2D eigenvalue weighted by Gasteiger charge is -2.12. The van der Waals surface area contributed by atoms with E-state index in [4.69, 9.17) is 4.74 Å². The van der Waals surface area contributed by atoms with Gasteiger partial charge in [0.15, 0.2) is 0 Å². The zero-order valence-corrected chi connectivity index (χ0v) is 11.0. The summed E-state index contributed by atoms with van der Waals surface area (Å²) >= 11 is 0. The van der Waals surface area contributed by atoms with Crippen molar-refractivity contribution in [3.63, 3.8) is 0 Å². The second-order valence-electron chi connectivity index (χ2n) is 4.24. The number of halogens is 3. The highest BCUT2D eigenvalue weighted by molar-refractivity contribution is 5.84. The van der Waals surface area contributed by atoms with Crippen LogP contribution in [0.2, 0.25) is 0 Å². The van der Waals surface area contributed by atoms with Crippen molar-refractivity contribution >= 4 is 11.9 Å². The van der Waals surface area contributed by atoms with Gasteiger partial charge in [-0.2, -0.15) is 9.78 Å². The summed E-state index contributed by atoms with van der Waals surface area (Å²) in [6.07, 6.45) is -4.68. The molecule has 0 saturated carbocycles. The molecular formula is C13H12F3N3O2. The molecule has 0 aliphatic heterocycles. The van der Waals surface area contributed by atoms with E-state index < -0.39 is 18.2 Å². The molecule has 0 bridgehead atoms. The van der Waals surface area contributed by atoms with E-state index in [1.807, 2.05) is 0 Å². The highest BCUT2D eigenvalue weighted by atomic mass is 19.4. The summed E-state index contributed by atoms with van der Waals surface area (Å²) in [5.41, 5.74) is 0.915. The predicted molar refractivity (Wildman–Crippen MR) is 68.5 cm³/mol. The Bertz CT molecular complexity index is 623. The van der Waals surface area contributed by atoms with E-state index in [0.29, 0.717) is 0 Å². The van der Waals surface area contributed by atoms with Gasteiger partial charge in [0.1, 0.15) is 12.4 Å². The van der Waals surface area contributed by atoms with Gasteiger partial charge >= 0.3 is 12.4 Å². The van der Waals surface area contributed by atoms with Gasteiger partial charge in [0, 0.05) is 5.56 Å². The first-order chi connectivity index (χ1) is 9.88. The van der Waals surface area contributed by atoms with Crippen molar-refractivity contribution in [2.75, 3.05) is 5.32 Å². The number of ether oxygens (including phenoxy) is 1. The summed E-state index contributed by atoms with van der Waals surface area (Å²) in [7, 11) is 0. The van der Waals surface area contributed by atoms with E-state index in [9.17, 15) is 18.0 Å². The third kappa shape index (κ3) is 3.74. The molecule has 1 aromatic heterocycles. The lowest BCUT2D eigenvalue weighted by Crippen LogP contribution is -2.24. The maximum absolute atomic E-state index is 12.7. The Morgan fingerprint density at radius 3 is 2.62 bits per heavy atom. The minimum atomic E-state index is -4.71. The van der Waals surface area contributed by atoms with Gasteiger partial charge in [-0.25, -0.2) is 4.79 Å². The number of hydrogen-bond acceptors (Lipinski definition) is 3. The minimum Gasteiger partial charge on any atom is -0.444 e. The van der Waals surface area contributed by atoms with Crippen LogP contribution in [-0.4, -0.2) is 15.9 Å². The van der Waals surface area contributed by atoms with Crippen LogP contribution in [0, 0.1) is 6.92 Å². The maximum atomic E-state index is 12.7. The van der Waals surface area contributed by atoms with Crippen LogP contribution >= 0.6 is 0 Å². The van der Waals surface area contributed by atoms with E-state index in [2.05, 4.69) is 10.4 Å². The standard InChI is InChI=1S/C13H12F3N3O2/c1-9-7-17-19(13(14,15)16)11(9)18-12(20)21-8-10-5-3-2-4-6-10/h2-7H,8H2,1H3,(H,18,20). The summed E-state index contributed by atoms with van der Waals surface area (Å²) < 4.78 is 42.7. The van der Waals surface area contributed by atoms with Crippen LogP contribution in [0.3, 0.4) is 0 Å². The zero-order valence-electron chi connectivity index (χ0n) is 11.0. The van der Waals surface area contributed by atoms with E-state index in [1.165, 1.54) is 6.92 Å². The SMILES string of the molecule is Cc1cnn(C(F)(F)F)c1NC(=O)OCc1ccccc1. The maximum Gasteiger partial charge on any atom is 0.506 e. The van der Waals surface area contributed by atoms with Crippen molar-refractivity contribution < 1.29 is 22.7 Å². The topological polar surface area (TPSA) is 56.2 Å². The zero-order chi connectivity index (χ0) is 15.5. The molecule has 2 rings (SSSR count). The van der Waals surface area contributed by atoms with Crippen molar-refractivity contribution in [1.82, 2.24) is 9.78 Å². The molecule has 0 atom stereocenters. The quantitative estimate of drug-likeness (QED) is 0.944. The van der Waals surface area contributed by atoms with Gasteiger partial charge < -0.3 is 4.74 Å². The molecule has 0 saturated heterocycles. The van der Waals surface area contributed by atoms with E-state index in [-0.39, 0.29) is 16.9 Å². The van der Waals surface area contributed by atoms with Crippen LogP contribution in [0.1, 0.15) is 11.1 Å². The number of benzene rings is 1. The number of aryl methyl sites for hydroxylation is 1. The fourth-order valence-electron chi connectivity index (χ4n) is 1.63. The molecule has 0 fully saturated rings. The third-order valence-electron chi connectivity index (χ3n) is 2.63. The first kappa shape index (κ1) is 14.9. The Morgan fingerprint density at radius 2 is 2.00 bits per heavy atom. The highest BCUT2D eigenvalue weighted by Crippen LogP contribution is 2.28. The van der Waals surface area contributed by atoms with Crippen LogP contribution in [0.5, 0.6) is 0 Å². The van der Waals surface area contributed by atoms with Crippen molar-refractivity contribution in [2.24, 2.45) is 0 Å². The van der Waals surface area contributed by atoms with Gasteiger partial charge in [-0.1, -0.05) is 30.3 Å². The van der Waals surface area contributed by atoms with Crippen molar-refractivity contribution in [1.29, 1.82) is 0 Å². The number of rotatable bonds is 3. The summed E-state index contributed by atoms with van der Waals surface area (Å²) in [5, 5.41) is 5.23. The average molecular weight is 299 g/mol. The molecule has 0 aliphatic carbocycles. The lowest BCUT2D eigenvalue weighted by molar-refractivity contribution is -0.210. The van der Waals surface area contributed by atoms with Gasteiger partial charge in [0.2, 0.25) is 0 Å². The Kier molecular flexibility index (Phi) is 4.15. The second-order valence-corrected chi connectivity index (χ2v) is 4.24. The molecule has 0 aliphatic rings. The summed E-state index contributed by atoms with van der Waals surface area (Å²) in [6.45, 7) is 1.37. The van der Waals surface area contributed by atoms with E-state index in [1.54, 1.807) is 30.3 Å². The van der Waals surface area contributed by atoms with Gasteiger partial charge in [-0.15, -0.1) is 13.2 Å². The first-order valence-corrected chi connectivity index (χ1v) is 5.97. The van der Waals surface area contributed by atoms with E-state index in [0.717, 1.165) is 11.8 Å². The monoisotopic (exact) mass is 299 g/mol. The van der Waals surface area contributed by atoms with Crippen LogP contribution in [0.15, 0.2) is 36.5 Å². The molecule has 1 aromatic carbocycles. The molecule has 112 valence electrons. The average Bonchev–Trinajstić information content (AvgIpc) is 2.79. The molecule has 0 radical (unpaired) electrons. The molecular weight excluding hydrogens is 287 g/mol. The lowest BCUT2D eigenvalue weighted by atomic mass is 10.2. The smallest absolute Gasteiger partial charge is 0.444 e. The fourth-order valence-corrected chi connectivity index (χ4v) is 1.63. The van der Waals surface area contributed by atoms with Gasteiger partial charge in [-0.05, 0) is 12.5 Å². The molecule has 21 heavy (non-hydrogen) atoms. The number of carbonyl (C=O) groups excluding carboxylic acids is 1. The first-order valence-electron chi connectivity index (χ1n) is 5.97. The van der Waals surface area contributed by atoms with Crippen LogP contribution in [-0.2, 0) is 17.6 Å². The van der Waals surface area contributed by atoms with Gasteiger partial charge in [0.05, 0.1) is 6.20 Å². The van der Waals surface area contributed by atoms with Crippen molar-refractivity contribution in [3.8, 4) is 0 Å². The third-order valence-corrected chi connectivity index (χ3v) is 2.63. The Balaban J connectivity index is 2.02. The van der Waals surface area contributed by atoms with Crippen LogP contribution in [0.25, 0.3) is 0 Å². The number of aromatic nitrogens is 2. The van der Waals surface area contributed by atoms with Crippen molar-refractivity contribution in [2.45, 2.75) is 19.8 Å². The number of amides is 1. The summed E-state index contributed by atoms with van der Waals surface area (Å²) in [6, 6.07) is 8.80. The normalized spacial score (nSPS) is 11.2. The summed E-state index contributed by atoms with van der Waals surface area (Å²) in [4.78, 5) is 11.6. The van der Waals surface area contributed by atoms with Crippen LogP contribution < -0.4 is 5.32 Å². The number of hydrogen-bond donors (Lipinski definition) is 1. The highest BCUT2D eigenvalue weighted by Gasteiger charge is 2.35. The molecule has 2 aromatic rings. The largest absolute Gasteiger partial charge is 0.506 e. The molecule has 0 spiro atoms. The second kappa shape index (κ2) is 5.86. The number of carbonyl (C=O) groups is 1. The molecule has 5 nitrogen and oxygen atoms in total. The molecule has 8 heteroatoms.